The Labute approximate surface area is 205 Å². The van der Waals surface area contributed by atoms with E-state index in [0.29, 0.717) is 24.0 Å². The summed E-state index contributed by atoms with van der Waals surface area (Å²) in [7, 11) is 0. The van der Waals surface area contributed by atoms with E-state index in [1.54, 1.807) is 18.2 Å². The van der Waals surface area contributed by atoms with Crippen molar-refractivity contribution in [3.63, 3.8) is 0 Å². The Morgan fingerprint density at radius 1 is 0.972 bits per heavy atom. The highest BCUT2D eigenvalue weighted by Gasteiger charge is 2.43. The van der Waals surface area contributed by atoms with Gasteiger partial charge in [-0.1, -0.05) is 24.3 Å². The maximum Gasteiger partial charge on any atom is 0.420 e. The first-order chi connectivity index (χ1) is 16.9. The summed E-state index contributed by atoms with van der Waals surface area (Å²) in [5.74, 6) is -2.66. The van der Waals surface area contributed by atoms with Crippen molar-refractivity contribution in [2.24, 2.45) is 11.8 Å². The molecule has 2 aromatic rings. The minimum absolute atomic E-state index is 0.00408. The zero-order chi connectivity index (χ0) is 26.1. The summed E-state index contributed by atoms with van der Waals surface area (Å²) >= 11 is 0. The molecule has 1 aliphatic heterocycles. The first-order valence-electron chi connectivity index (χ1n) is 12.2. The molecule has 0 spiro atoms. The van der Waals surface area contributed by atoms with Gasteiger partial charge in [-0.25, -0.2) is 0 Å². The van der Waals surface area contributed by atoms with Crippen LogP contribution in [-0.2, 0) is 17.5 Å². The number of likely N-dealkylation sites (tertiary alicyclic amines) is 1. The average molecular weight is 518 g/mol. The van der Waals surface area contributed by atoms with Gasteiger partial charge in [-0.3, -0.25) is 9.69 Å². The van der Waals surface area contributed by atoms with Crippen LogP contribution in [0.15, 0.2) is 30.3 Å². The zero-order valence-electron chi connectivity index (χ0n) is 19.7. The molecular weight excluding hydrogens is 488 g/mol. The van der Waals surface area contributed by atoms with Gasteiger partial charge in [0.25, 0.3) is 0 Å². The number of hydrogen-bond donors (Lipinski definition) is 1. The van der Waals surface area contributed by atoms with Crippen LogP contribution in [0.2, 0.25) is 0 Å². The number of alkyl halides is 6. The van der Waals surface area contributed by atoms with Crippen molar-refractivity contribution in [3.8, 4) is 5.75 Å². The second-order valence-corrected chi connectivity index (χ2v) is 9.92. The third kappa shape index (κ3) is 6.25. The van der Waals surface area contributed by atoms with Crippen molar-refractivity contribution in [1.29, 1.82) is 0 Å². The monoisotopic (exact) mass is 517 g/mol. The molecule has 1 aliphatic carbocycles. The molecule has 1 saturated heterocycles. The van der Waals surface area contributed by atoms with Gasteiger partial charge in [0.15, 0.2) is 0 Å². The Morgan fingerprint density at radius 3 is 2.33 bits per heavy atom. The highest BCUT2D eigenvalue weighted by atomic mass is 19.4. The Hall–Kier alpha value is -2.49. The fourth-order valence-corrected chi connectivity index (χ4v) is 5.57. The summed E-state index contributed by atoms with van der Waals surface area (Å²) in [5, 5.41) is 9.51. The van der Waals surface area contributed by atoms with Gasteiger partial charge in [0.2, 0.25) is 0 Å². The van der Waals surface area contributed by atoms with Gasteiger partial charge in [0.05, 0.1) is 12.0 Å². The van der Waals surface area contributed by atoms with Gasteiger partial charge in [-0.05, 0) is 73.4 Å². The quantitative estimate of drug-likeness (QED) is 0.418. The number of carboxylic acid groups (broad SMARTS) is 1. The standard InChI is InChI=1S/C26H29F6NO3/c27-25(28,29)18-6-8-19(9-7-18)36-22-11-10-20-17(4-1-5-21(20)24(22)26(30,31)32)15-33-12-2-3-16(14-33)13-23(34)35/h1,4-5,10-11,16,18-19H,2-3,6-9,12-15H2,(H,34,35). The highest BCUT2D eigenvalue weighted by molar-refractivity contribution is 5.91. The summed E-state index contributed by atoms with van der Waals surface area (Å²) < 4.78 is 87.2. The molecular formula is C26H29F6NO3. The molecule has 2 aliphatic rings. The van der Waals surface area contributed by atoms with E-state index in [-0.39, 0.29) is 49.2 Å². The molecule has 1 atom stereocenters. The van der Waals surface area contributed by atoms with Crippen LogP contribution >= 0.6 is 0 Å². The number of halogens is 6. The number of carbonyl (C=O) groups is 1. The van der Waals surface area contributed by atoms with E-state index >= 15 is 0 Å². The van der Waals surface area contributed by atoms with Gasteiger partial charge >= 0.3 is 18.3 Å². The van der Waals surface area contributed by atoms with Gasteiger partial charge in [-0.2, -0.15) is 26.3 Å². The van der Waals surface area contributed by atoms with Crippen molar-refractivity contribution < 1.29 is 41.0 Å². The van der Waals surface area contributed by atoms with Crippen LogP contribution in [0.5, 0.6) is 5.75 Å². The predicted octanol–water partition coefficient (Wildman–Crippen LogP) is 7.05. The van der Waals surface area contributed by atoms with Crippen molar-refractivity contribution in [3.05, 3.63) is 41.5 Å². The lowest BCUT2D eigenvalue weighted by Gasteiger charge is -2.32. The maximum absolute atomic E-state index is 14.2. The summed E-state index contributed by atoms with van der Waals surface area (Å²) in [6, 6.07) is 7.56. The predicted molar refractivity (Wildman–Crippen MR) is 122 cm³/mol. The lowest BCUT2D eigenvalue weighted by molar-refractivity contribution is -0.185. The molecule has 1 saturated carbocycles. The minimum Gasteiger partial charge on any atom is -0.490 e. The molecule has 1 unspecified atom stereocenters. The molecule has 1 heterocycles. The van der Waals surface area contributed by atoms with E-state index in [4.69, 9.17) is 9.84 Å². The fraction of sp³-hybridized carbons (Fsp3) is 0.577. The molecule has 4 rings (SSSR count). The Kier molecular flexibility index (Phi) is 7.73. The van der Waals surface area contributed by atoms with Crippen molar-refractivity contribution in [2.45, 2.75) is 69.9 Å². The van der Waals surface area contributed by atoms with Crippen LogP contribution in [-0.4, -0.2) is 41.3 Å². The maximum atomic E-state index is 14.2. The van der Waals surface area contributed by atoms with E-state index in [2.05, 4.69) is 4.90 Å². The second-order valence-electron chi connectivity index (χ2n) is 9.92. The summed E-state index contributed by atoms with van der Waals surface area (Å²) in [6.07, 6.45) is -8.25. The Bertz CT molecular complexity index is 1080. The highest BCUT2D eigenvalue weighted by Crippen LogP contribution is 2.44. The van der Waals surface area contributed by atoms with Crippen molar-refractivity contribution in [1.82, 2.24) is 4.90 Å². The zero-order valence-corrected chi connectivity index (χ0v) is 19.7. The number of hydrogen-bond acceptors (Lipinski definition) is 3. The lowest BCUT2D eigenvalue weighted by Crippen LogP contribution is -2.35. The SMILES string of the molecule is O=C(O)CC1CCCN(Cc2cccc3c(C(F)(F)F)c(OC4CCC(C(F)(F)F)CC4)ccc23)C1. The smallest absolute Gasteiger partial charge is 0.420 e. The lowest BCUT2D eigenvalue weighted by atomic mass is 9.87. The molecule has 0 radical (unpaired) electrons. The summed E-state index contributed by atoms with van der Waals surface area (Å²) in [4.78, 5) is 13.2. The number of piperidine rings is 1. The van der Waals surface area contributed by atoms with E-state index in [1.807, 2.05) is 0 Å². The largest absolute Gasteiger partial charge is 0.490 e. The van der Waals surface area contributed by atoms with Gasteiger partial charge < -0.3 is 9.84 Å². The van der Waals surface area contributed by atoms with Crippen LogP contribution in [0.1, 0.15) is 56.1 Å². The number of aliphatic carboxylic acids is 1. The van der Waals surface area contributed by atoms with Crippen molar-refractivity contribution in [2.75, 3.05) is 13.1 Å². The third-order valence-electron chi connectivity index (χ3n) is 7.29. The van der Waals surface area contributed by atoms with Crippen LogP contribution < -0.4 is 4.74 Å². The minimum atomic E-state index is -4.71. The second kappa shape index (κ2) is 10.5. The number of benzene rings is 2. The Balaban J connectivity index is 1.57. The number of rotatable bonds is 6. The van der Waals surface area contributed by atoms with Crippen molar-refractivity contribution >= 4 is 16.7 Å². The third-order valence-corrected chi connectivity index (χ3v) is 7.29. The van der Waals surface area contributed by atoms with Gasteiger partial charge in [0, 0.05) is 19.5 Å². The first-order valence-corrected chi connectivity index (χ1v) is 12.2. The number of nitrogens with zero attached hydrogens (tertiary/aromatic N) is 1. The molecule has 1 N–H and O–H groups in total. The molecule has 0 amide bonds. The van der Waals surface area contributed by atoms with E-state index in [1.165, 1.54) is 12.1 Å². The number of ether oxygens (including phenoxy) is 1. The van der Waals surface area contributed by atoms with E-state index in [0.717, 1.165) is 19.4 Å². The molecule has 36 heavy (non-hydrogen) atoms. The molecule has 198 valence electrons. The van der Waals surface area contributed by atoms with Crippen LogP contribution in [0.25, 0.3) is 10.8 Å². The molecule has 0 aromatic heterocycles. The van der Waals surface area contributed by atoms with Gasteiger partial charge in [0.1, 0.15) is 11.3 Å². The number of fused-ring (bicyclic) bond motifs is 1. The van der Waals surface area contributed by atoms with E-state index in [9.17, 15) is 31.1 Å². The number of carboxylic acids is 1. The van der Waals surface area contributed by atoms with Crippen LogP contribution in [0.4, 0.5) is 26.3 Å². The summed E-state index contributed by atoms with van der Waals surface area (Å²) in [5.41, 5.74) is -0.214. The molecule has 2 fully saturated rings. The van der Waals surface area contributed by atoms with Gasteiger partial charge in [-0.15, -0.1) is 0 Å². The fourth-order valence-electron chi connectivity index (χ4n) is 5.57. The molecule has 2 aromatic carbocycles. The summed E-state index contributed by atoms with van der Waals surface area (Å²) in [6.45, 7) is 1.70. The topological polar surface area (TPSA) is 49.8 Å². The first kappa shape index (κ1) is 26.6. The Morgan fingerprint density at radius 2 is 1.69 bits per heavy atom. The van der Waals surface area contributed by atoms with E-state index < -0.39 is 35.9 Å². The molecule has 10 heteroatoms. The molecule has 0 bridgehead atoms. The van der Waals surface area contributed by atoms with Crippen LogP contribution in [0, 0.1) is 11.8 Å². The van der Waals surface area contributed by atoms with Crippen LogP contribution in [0.3, 0.4) is 0 Å². The molecule has 4 nitrogen and oxygen atoms in total. The normalized spacial score (nSPS) is 24.1. The average Bonchev–Trinajstić information content (AvgIpc) is 2.78.